The molecule has 0 heterocycles. The quantitative estimate of drug-likeness (QED) is 0.525. The minimum atomic E-state index is -0.713. The number of rotatable bonds is 1. The van der Waals surface area contributed by atoms with Crippen molar-refractivity contribution in [2.45, 2.75) is 32.9 Å². The molecular formula is C9H13F. The molecule has 0 fully saturated rings. The lowest BCUT2D eigenvalue weighted by Gasteiger charge is -2.15. The van der Waals surface area contributed by atoms with Crippen LogP contribution < -0.4 is 0 Å². The molecule has 0 amide bonds. The van der Waals surface area contributed by atoms with Crippen molar-refractivity contribution in [3.63, 3.8) is 0 Å². The molecular weight excluding hydrogens is 127 g/mol. The molecule has 56 valence electrons. The zero-order valence-electron chi connectivity index (χ0n) is 6.52. The van der Waals surface area contributed by atoms with Crippen molar-refractivity contribution in [3.8, 4) is 0 Å². The summed E-state index contributed by atoms with van der Waals surface area (Å²) in [7, 11) is 0. The van der Waals surface area contributed by atoms with E-state index in [0.29, 0.717) is 6.42 Å². The monoisotopic (exact) mass is 140 g/mol. The normalized spacial score (nSPS) is 25.7. The van der Waals surface area contributed by atoms with Gasteiger partial charge in [-0.05, 0) is 24.5 Å². The van der Waals surface area contributed by atoms with Crippen molar-refractivity contribution in [1.82, 2.24) is 0 Å². The fraction of sp³-hybridized carbons (Fsp3) is 0.556. The Morgan fingerprint density at radius 3 is 2.80 bits per heavy atom. The molecule has 0 N–H and O–H groups in total. The molecule has 1 aliphatic rings. The van der Waals surface area contributed by atoms with E-state index in [-0.39, 0.29) is 0 Å². The highest BCUT2D eigenvalue weighted by atomic mass is 19.1. The van der Waals surface area contributed by atoms with Gasteiger partial charge in [0.15, 0.2) is 0 Å². The van der Waals surface area contributed by atoms with Crippen LogP contribution in [0.2, 0.25) is 0 Å². The van der Waals surface area contributed by atoms with Gasteiger partial charge >= 0.3 is 0 Å². The first-order valence-electron chi connectivity index (χ1n) is 3.76. The van der Waals surface area contributed by atoms with Gasteiger partial charge in [-0.2, -0.15) is 0 Å². The first-order chi connectivity index (χ1) is 4.75. The Bertz CT molecular complexity index is 177. The Labute approximate surface area is 61.4 Å². The summed E-state index contributed by atoms with van der Waals surface area (Å²) in [5.41, 5.74) is 2.09. The maximum Gasteiger partial charge on any atom is 0.125 e. The van der Waals surface area contributed by atoms with Gasteiger partial charge in [-0.25, -0.2) is 4.39 Å². The van der Waals surface area contributed by atoms with Crippen LogP contribution in [0.1, 0.15) is 26.7 Å². The summed E-state index contributed by atoms with van der Waals surface area (Å²) in [5, 5.41) is 0. The summed E-state index contributed by atoms with van der Waals surface area (Å²) in [6, 6.07) is 0. The highest BCUT2D eigenvalue weighted by molar-refractivity contribution is 5.30. The standard InChI is InChI=1S/C9H13F/c1-3-8-7(2)5-4-6-9(8)10/h4-5,9H,3,6H2,1-2H3. The third-order valence-corrected chi connectivity index (χ3v) is 1.98. The van der Waals surface area contributed by atoms with Crippen LogP contribution in [0, 0.1) is 0 Å². The Balaban J connectivity index is 2.83. The topological polar surface area (TPSA) is 0 Å². The second-order valence-electron chi connectivity index (χ2n) is 2.67. The molecule has 0 aromatic heterocycles. The first-order valence-corrected chi connectivity index (χ1v) is 3.76. The summed E-state index contributed by atoms with van der Waals surface area (Å²) in [6.45, 7) is 3.98. The van der Waals surface area contributed by atoms with Gasteiger partial charge in [0, 0.05) is 6.42 Å². The molecule has 0 aliphatic heterocycles. The molecule has 1 aliphatic carbocycles. The predicted molar refractivity (Wildman–Crippen MR) is 41.6 cm³/mol. The highest BCUT2D eigenvalue weighted by Gasteiger charge is 2.14. The number of hydrogen-bond donors (Lipinski definition) is 0. The molecule has 1 rings (SSSR count). The van der Waals surface area contributed by atoms with E-state index in [4.69, 9.17) is 0 Å². The summed E-state index contributed by atoms with van der Waals surface area (Å²) in [6.07, 6.45) is 4.61. The average molecular weight is 140 g/mol. The van der Waals surface area contributed by atoms with E-state index in [1.165, 1.54) is 0 Å². The fourth-order valence-electron chi connectivity index (χ4n) is 1.36. The van der Waals surface area contributed by atoms with Gasteiger partial charge in [0.25, 0.3) is 0 Å². The molecule has 1 atom stereocenters. The van der Waals surface area contributed by atoms with Gasteiger partial charge in [-0.15, -0.1) is 0 Å². The number of halogens is 1. The Morgan fingerprint density at radius 1 is 1.70 bits per heavy atom. The van der Waals surface area contributed by atoms with Crippen LogP contribution in [0.3, 0.4) is 0 Å². The van der Waals surface area contributed by atoms with E-state index in [2.05, 4.69) is 0 Å². The fourth-order valence-corrected chi connectivity index (χ4v) is 1.36. The molecule has 1 heteroatoms. The molecule has 0 saturated heterocycles. The lowest BCUT2D eigenvalue weighted by Crippen LogP contribution is -2.07. The van der Waals surface area contributed by atoms with E-state index >= 15 is 0 Å². The van der Waals surface area contributed by atoms with E-state index in [1.807, 2.05) is 26.0 Å². The van der Waals surface area contributed by atoms with E-state index in [9.17, 15) is 4.39 Å². The van der Waals surface area contributed by atoms with Crippen LogP contribution in [0.15, 0.2) is 23.3 Å². The molecule has 0 aromatic rings. The largest absolute Gasteiger partial charge is 0.242 e. The van der Waals surface area contributed by atoms with Crippen LogP contribution in [0.5, 0.6) is 0 Å². The molecule has 0 bridgehead atoms. The lowest BCUT2D eigenvalue weighted by molar-refractivity contribution is 0.373. The molecule has 0 spiro atoms. The maximum absolute atomic E-state index is 13.0. The Hall–Kier alpha value is -0.590. The van der Waals surface area contributed by atoms with Crippen LogP contribution >= 0.6 is 0 Å². The van der Waals surface area contributed by atoms with Crippen molar-refractivity contribution < 1.29 is 4.39 Å². The summed E-state index contributed by atoms with van der Waals surface area (Å²) >= 11 is 0. The van der Waals surface area contributed by atoms with Crippen LogP contribution in [0.25, 0.3) is 0 Å². The van der Waals surface area contributed by atoms with Crippen LogP contribution in [0.4, 0.5) is 4.39 Å². The SMILES string of the molecule is CCC1=C(C)C=CCC1F. The zero-order valence-corrected chi connectivity index (χ0v) is 6.52. The van der Waals surface area contributed by atoms with Gasteiger partial charge in [0.2, 0.25) is 0 Å². The second kappa shape index (κ2) is 3.00. The number of allylic oxidation sites excluding steroid dienone is 4. The van der Waals surface area contributed by atoms with E-state index in [1.54, 1.807) is 0 Å². The zero-order chi connectivity index (χ0) is 7.56. The third-order valence-electron chi connectivity index (χ3n) is 1.98. The minimum Gasteiger partial charge on any atom is -0.242 e. The third kappa shape index (κ3) is 1.28. The second-order valence-corrected chi connectivity index (χ2v) is 2.67. The first kappa shape index (κ1) is 7.52. The smallest absolute Gasteiger partial charge is 0.125 e. The van der Waals surface area contributed by atoms with Crippen LogP contribution in [-0.4, -0.2) is 6.17 Å². The highest BCUT2D eigenvalue weighted by Crippen LogP contribution is 2.23. The predicted octanol–water partition coefficient (Wildman–Crippen LogP) is 3.01. The van der Waals surface area contributed by atoms with Gasteiger partial charge in [-0.1, -0.05) is 19.1 Å². The number of alkyl halides is 1. The molecule has 0 aromatic carbocycles. The Morgan fingerprint density at radius 2 is 2.40 bits per heavy atom. The molecule has 0 radical (unpaired) electrons. The molecule has 1 unspecified atom stereocenters. The van der Waals surface area contributed by atoms with Gasteiger partial charge in [0.1, 0.15) is 6.17 Å². The molecule has 0 saturated carbocycles. The van der Waals surface area contributed by atoms with E-state index < -0.39 is 6.17 Å². The van der Waals surface area contributed by atoms with Gasteiger partial charge in [-0.3, -0.25) is 0 Å². The van der Waals surface area contributed by atoms with Gasteiger partial charge < -0.3 is 0 Å². The van der Waals surface area contributed by atoms with Crippen molar-refractivity contribution in [2.75, 3.05) is 0 Å². The lowest BCUT2D eigenvalue weighted by atomic mass is 9.95. The summed E-state index contributed by atoms with van der Waals surface area (Å²) in [4.78, 5) is 0. The van der Waals surface area contributed by atoms with Crippen LogP contribution in [-0.2, 0) is 0 Å². The van der Waals surface area contributed by atoms with Crippen molar-refractivity contribution >= 4 is 0 Å². The number of hydrogen-bond acceptors (Lipinski definition) is 0. The molecule has 10 heavy (non-hydrogen) atoms. The Kier molecular flexibility index (Phi) is 2.25. The summed E-state index contributed by atoms with van der Waals surface area (Å²) < 4.78 is 13.0. The minimum absolute atomic E-state index is 0.570. The maximum atomic E-state index is 13.0. The van der Waals surface area contributed by atoms with E-state index in [0.717, 1.165) is 17.6 Å². The summed E-state index contributed by atoms with van der Waals surface area (Å²) in [5.74, 6) is 0. The molecule has 0 nitrogen and oxygen atoms in total. The van der Waals surface area contributed by atoms with Crippen molar-refractivity contribution in [3.05, 3.63) is 23.3 Å². The van der Waals surface area contributed by atoms with Crippen molar-refractivity contribution in [1.29, 1.82) is 0 Å². The van der Waals surface area contributed by atoms with Crippen molar-refractivity contribution in [2.24, 2.45) is 0 Å². The average Bonchev–Trinajstić information content (AvgIpc) is 1.88. The van der Waals surface area contributed by atoms with Gasteiger partial charge in [0.05, 0.1) is 0 Å².